The fourth-order valence-corrected chi connectivity index (χ4v) is 4.40. The first-order valence-electron chi connectivity index (χ1n) is 11.5. The molecule has 4 rings (SSSR count). The van der Waals surface area contributed by atoms with Gasteiger partial charge in [-0.05, 0) is 50.1 Å². The molecule has 0 unspecified atom stereocenters. The molecule has 2 amide bonds. The van der Waals surface area contributed by atoms with Crippen LogP contribution in [-0.2, 0) is 11.3 Å². The van der Waals surface area contributed by atoms with Crippen molar-refractivity contribution in [2.24, 2.45) is 0 Å². The van der Waals surface area contributed by atoms with E-state index in [4.69, 9.17) is 18.6 Å². The summed E-state index contributed by atoms with van der Waals surface area (Å²) in [6, 6.07) is 14.5. The van der Waals surface area contributed by atoms with E-state index in [-0.39, 0.29) is 18.5 Å². The molecule has 1 aliphatic rings. The molecule has 184 valence electrons. The second kappa shape index (κ2) is 10.5. The van der Waals surface area contributed by atoms with Gasteiger partial charge in [-0.15, -0.1) is 0 Å². The maximum atomic E-state index is 13.7. The number of carbonyl (C=O) groups excluding carboxylic acids is 2. The zero-order chi connectivity index (χ0) is 24.9. The van der Waals surface area contributed by atoms with Crippen molar-refractivity contribution in [2.45, 2.75) is 32.4 Å². The van der Waals surface area contributed by atoms with Gasteiger partial charge < -0.3 is 28.4 Å². The first kappa shape index (κ1) is 24.2. The second-order valence-corrected chi connectivity index (χ2v) is 8.57. The molecule has 3 aromatic rings. The Kier molecular flexibility index (Phi) is 7.29. The first-order chi connectivity index (χ1) is 16.9. The van der Waals surface area contributed by atoms with Gasteiger partial charge in [-0.25, -0.2) is 4.79 Å². The van der Waals surface area contributed by atoms with Crippen LogP contribution in [0.3, 0.4) is 0 Å². The molecule has 0 saturated carbocycles. The molecule has 0 aliphatic carbocycles. The van der Waals surface area contributed by atoms with Gasteiger partial charge in [0.05, 0.1) is 32.6 Å². The molecule has 1 aliphatic heterocycles. The number of para-hydroxylation sites is 1. The Labute approximate surface area is 204 Å². The summed E-state index contributed by atoms with van der Waals surface area (Å²) < 4.78 is 21.9. The van der Waals surface area contributed by atoms with Gasteiger partial charge >= 0.3 is 6.09 Å². The third kappa shape index (κ3) is 5.42. The molecule has 0 spiro atoms. The van der Waals surface area contributed by atoms with Crippen LogP contribution in [0.25, 0.3) is 11.0 Å². The predicted octanol–water partition coefficient (Wildman–Crippen LogP) is 5.23. The molecular formula is C27H30N2O6. The topological polar surface area (TPSA) is 81.5 Å². The summed E-state index contributed by atoms with van der Waals surface area (Å²) in [5, 5.41) is 0.966. The molecule has 0 N–H and O–H groups in total. The van der Waals surface area contributed by atoms with Crippen molar-refractivity contribution in [2.75, 3.05) is 27.3 Å². The number of hydrogen-bond acceptors (Lipinski definition) is 6. The van der Waals surface area contributed by atoms with Crippen LogP contribution < -0.4 is 9.47 Å². The molecule has 2 aromatic carbocycles. The van der Waals surface area contributed by atoms with Gasteiger partial charge in [-0.2, -0.15) is 0 Å². The summed E-state index contributed by atoms with van der Waals surface area (Å²) in [4.78, 5) is 29.7. The molecule has 8 nitrogen and oxygen atoms in total. The fourth-order valence-electron chi connectivity index (χ4n) is 4.40. The van der Waals surface area contributed by atoms with Crippen LogP contribution in [0.15, 0.2) is 65.3 Å². The fraction of sp³-hybridized carbons (Fsp3) is 0.333. The number of rotatable bonds is 8. The summed E-state index contributed by atoms with van der Waals surface area (Å²) in [5.74, 6) is 1.80. The third-order valence-electron chi connectivity index (χ3n) is 6.05. The maximum absolute atomic E-state index is 13.7. The molecule has 1 atom stereocenters. The number of carbonyl (C=O) groups is 2. The Hall–Kier alpha value is -3.94. The lowest BCUT2D eigenvalue weighted by molar-refractivity contribution is 0.0660. The van der Waals surface area contributed by atoms with Gasteiger partial charge in [-0.3, -0.25) is 4.79 Å². The van der Waals surface area contributed by atoms with Crippen molar-refractivity contribution in [3.8, 4) is 11.5 Å². The minimum Gasteiger partial charge on any atom is -0.493 e. The smallest absolute Gasteiger partial charge is 0.415 e. The van der Waals surface area contributed by atoms with E-state index in [9.17, 15) is 9.59 Å². The standard InChI is InChI=1S/C27H30N2O6/c1-18(2)34-27(31)29-13-7-9-21(29)16-28(17-22-14-19-8-5-6-10-23(19)35-22)26(30)20-11-12-24(32-3)25(15-20)33-4/h5-6,8,10-12,14-15,21H,1,7,9,13,16-17H2,2-4H3/t21-/m0/s1. The minimum absolute atomic E-state index is 0.185. The van der Waals surface area contributed by atoms with E-state index in [0.29, 0.717) is 41.7 Å². The van der Waals surface area contributed by atoms with Crippen LogP contribution in [0.2, 0.25) is 0 Å². The van der Waals surface area contributed by atoms with Gasteiger partial charge in [0.2, 0.25) is 0 Å². The number of fused-ring (bicyclic) bond motifs is 1. The van der Waals surface area contributed by atoms with Gasteiger partial charge in [-0.1, -0.05) is 24.8 Å². The number of hydrogen-bond donors (Lipinski definition) is 0. The number of methoxy groups -OCH3 is 2. The lowest BCUT2D eigenvalue weighted by Crippen LogP contribution is -2.45. The van der Waals surface area contributed by atoms with E-state index in [1.807, 2.05) is 30.3 Å². The molecule has 1 fully saturated rings. The minimum atomic E-state index is -0.442. The van der Waals surface area contributed by atoms with Crippen molar-refractivity contribution in [1.29, 1.82) is 0 Å². The summed E-state index contributed by atoms with van der Waals surface area (Å²) in [5.41, 5.74) is 1.21. The number of nitrogens with zero attached hydrogens (tertiary/aromatic N) is 2. The summed E-state index contributed by atoms with van der Waals surface area (Å²) in [6.07, 6.45) is 1.15. The molecule has 8 heteroatoms. The molecule has 2 heterocycles. The number of benzene rings is 2. The van der Waals surface area contributed by atoms with Crippen molar-refractivity contribution < 1.29 is 28.2 Å². The molecule has 35 heavy (non-hydrogen) atoms. The molecule has 1 aromatic heterocycles. The van der Waals surface area contributed by atoms with E-state index >= 15 is 0 Å². The highest BCUT2D eigenvalue weighted by atomic mass is 16.6. The van der Waals surface area contributed by atoms with Crippen LogP contribution in [0.4, 0.5) is 4.79 Å². The van der Waals surface area contributed by atoms with Crippen LogP contribution >= 0.6 is 0 Å². The molecule has 0 radical (unpaired) electrons. The number of allylic oxidation sites excluding steroid dienone is 1. The van der Waals surface area contributed by atoms with E-state index < -0.39 is 6.09 Å². The van der Waals surface area contributed by atoms with E-state index in [1.54, 1.807) is 42.0 Å². The van der Waals surface area contributed by atoms with Crippen LogP contribution in [0.5, 0.6) is 11.5 Å². The normalized spacial score (nSPS) is 15.2. The highest BCUT2D eigenvalue weighted by molar-refractivity contribution is 5.95. The van der Waals surface area contributed by atoms with Crippen molar-refractivity contribution >= 4 is 23.0 Å². The van der Waals surface area contributed by atoms with Gasteiger partial charge in [0.1, 0.15) is 11.3 Å². The van der Waals surface area contributed by atoms with E-state index in [1.165, 1.54) is 7.11 Å². The van der Waals surface area contributed by atoms with Gasteiger partial charge in [0.25, 0.3) is 5.91 Å². The Balaban J connectivity index is 1.63. The second-order valence-electron chi connectivity index (χ2n) is 8.57. The summed E-state index contributed by atoms with van der Waals surface area (Å²) >= 11 is 0. The van der Waals surface area contributed by atoms with E-state index in [2.05, 4.69) is 6.58 Å². The van der Waals surface area contributed by atoms with Crippen LogP contribution in [-0.4, -0.2) is 55.2 Å². The van der Waals surface area contributed by atoms with Crippen LogP contribution in [0.1, 0.15) is 35.9 Å². The first-order valence-corrected chi connectivity index (χ1v) is 11.5. The Morgan fingerprint density at radius 3 is 2.60 bits per heavy atom. The van der Waals surface area contributed by atoms with Crippen LogP contribution in [0, 0.1) is 0 Å². The molecule has 0 bridgehead atoms. The molecule has 1 saturated heterocycles. The zero-order valence-electron chi connectivity index (χ0n) is 20.3. The van der Waals surface area contributed by atoms with Gasteiger partial charge in [0.15, 0.2) is 11.5 Å². The predicted molar refractivity (Wildman–Crippen MR) is 132 cm³/mol. The number of furan rings is 1. The number of amides is 2. The maximum Gasteiger partial charge on any atom is 0.415 e. The number of likely N-dealkylation sites (tertiary alicyclic amines) is 1. The largest absolute Gasteiger partial charge is 0.493 e. The average Bonchev–Trinajstić information content (AvgIpc) is 3.48. The lowest BCUT2D eigenvalue weighted by atomic mass is 10.1. The third-order valence-corrected chi connectivity index (χ3v) is 6.05. The van der Waals surface area contributed by atoms with Crippen molar-refractivity contribution in [3.05, 3.63) is 72.2 Å². The summed E-state index contributed by atoms with van der Waals surface area (Å²) in [7, 11) is 3.08. The average molecular weight is 479 g/mol. The lowest BCUT2D eigenvalue weighted by Gasteiger charge is -2.30. The Morgan fingerprint density at radius 2 is 1.89 bits per heavy atom. The highest BCUT2D eigenvalue weighted by Gasteiger charge is 2.33. The molecular weight excluding hydrogens is 448 g/mol. The monoisotopic (exact) mass is 478 g/mol. The Morgan fingerprint density at radius 1 is 1.11 bits per heavy atom. The van der Waals surface area contributed by atoms with Gasteiger partial charge in [0, 0.05) is 24.0 Å². The summed E-state index contributed by atoms with van der Waals surface area (Å²) in [6.45, 7) is 6.44. The van der Waals surface area contributed by atoms with Crippen molar-refractivity contribution in [3.63, 3.8) is 0 Å². The quantitative estimate of drug-likeness (QED) is 0.413. The Bertz CT molecular complexity index is 1200. The van der Waals surface area contributed by atoms with E-state index in [0.717, 1.165) is 23.8 Å². The SMILES string of the molecule is C=C(C)OC(=O)N1CCC[C@H]1CN(Cc1cc2ccccc2o1)C(=O)c1ccc(OC)c(OC)c1. The number of ether oxygens (including phenoxy) is 3. The van der Waals surface area contributed by atoms with Crippen molar-refractivity contribution in [1.82, 2.24) is 9.80 Å². The zero-order valence-corrected chi connectivity index (χ0v) is 20.3. The highest BCUT2D eigenvalue weighted by Crippen LogP contribution is 2.29.